The first-order chi connectivity index (χ1) is 10.1. The van der Waals surface area contributed by atoms with Gasteiger partial charge in [0.2, 0.25) is 0 Å². The van der Waals surface area contributed by atoms with E-state index in [-0.39, 0.29) is 17.2 Å². The molecule has 2 rings (SSSR count). The molecule has 0 atom stereocenters. The fourth-order valence-corrected chi connectivity index (χ4v) is 2.16. The number of amides is 1. The van der Waals surface area contributed by atoms with E-state index in [1.807, 2.05) is 6.92 Å². The van der Waals surface area contributed by atoms with Crippen molar-refractivity contribution >= 4 is 17.4 Å². The molecule has 114 valence electrons. The molecular weight excluding hydrogens is 276 g/mol. The average molecular weight is 294 g/mol. The Morgan fingerprint density at radius 3 is 3.05 bits per heavy atom. The van der Waals surface area contributed by atoms with E-state index in [2.05, 4.69) is 10.3 Å². The van der Waals surface area contributed by atoms with Crippen LogP contribution in [-0.4, -0.2) is 53.6 Å². The molecule has 0 spiro atoms. The van der Waals surface area contributed by atoms with Crippen LogP contribution < -0.4 is 5.32 Å². The zero-order chi connectivity index (χ0) is 15.2. The number of pyridine rings is 1. The van der Waals surface area contributed by atoms with E-state index in [0.29, 0.717) is 38.7 Å². The fraction of sp³-hybridized carbons (Fsp3) is 0.538. The second-order valence-corrected chi connectivity index (χ2v) is 4.63. The molecule has 1 N–H and O–H groups in total. The molecule has 21 heavy (non-hydrogen) atoms. The number of carbonyl (C=O) groups excluding carboxylic acids is 1. The van der Waals surface area contributed by atoms with Gasteiger partial charge in [0.05, 0.1) is 11.5 Å². The molecule has 1 fully saturated rings. The van der Waals surface area contributed by atoms with Crippen LogP contribution in [0.3, 0.4) is 0 Å². The Kier molecular flexibility index (Phi) is 5.04. The molecular formula is C13H18N4O4. The Morgan fingerprint density at radius 1 is 1.52 bits per heavy atom. The Bertz CT molecular complexity index is 527. The molecule has 1 aliphatic heterocycles. The lowest BCUT2D eigenvalue weighted by molar-refractivity contribution is -0.385. The average Bonchev–Trinajstić information content (AvgIpc) is 2.75. The number of carbonyl (C=O) groups is 1. The SMILES string of the molecule is CCNc1cc(C(=O)N2CCCOCC2)c([N+](=O)[O-])cn1. The van der Waals surface area contributed by atoms with Crippen molar-refractivity contribution in [3.8, 4) is 0 Å². The minimum atomic E-state index is -0.579. The number of nitro groups is 1. The zero-order valence-electron chi connectivity index (χ0n) is 11.9. The van der Waals surface area contributed by atoms with E-state index < -0.39 is 4.92 Å². The summed E-state index contributed by atoms with van der Waals surface area (Å²) in [6, 6.07) is 1.44. The number of aromatic nitrogens is 1. The van der Waals surface area contributed by atoms with Gasteiger partial charge in [0, 0.05) is 32.3 Å². The number of hydrogen-bond acceptors (Lipinski definition) is 6. The molecule has 1 aromatic heterocycles. The third-order valence-electron chi connectivity index (χ3n) is 3.18. The summed E-state index contributed by atoms with van der Waals surface area (Å²) in [4.78, 5) is 28.6. The number of nitrogens with zero attached hydrogens (tertiary/aromatic N) is 3. The van der Waals surface area contributed by atoms with E-state index >= 15 is 0 Å². The normalized spacial score (nSPS) is 15.4. The molecule has 1 aliphatic rings. The van der Waals surface area contributed by atoms with Gasteiger partial charge in [-0.2, -0.15) is 0 Å². The summed E-state index contributed by atoms with van der Waals surface area (Å²) in [5, 5.41) is 14.1. The highest BCUT2D eigenvalue weighted by molar-refractivity contribution is 5.98. The summed E-state index contributed by atoms with van der Waals surface area (Å²) >= 11 is 0. The third kappa shape index (κ3) is 3.66. The lowest BCUT2D eigenvalue weighted by Crippen LogP contribution is -2.33. The van der Waals surface area contributed by atoms with Gasteiger partial charge in [-0.15, -0.1) is 0 Å². The molecule has 0 bridgehead atoms. The Hall–Kier alpha value is -2.22. The molecule has 0 radical (unpaired) electrons. The Balaban J connectivity index is 2.31. The van der Waals surface area contributed by atoms with Crippen molar-refractivity contribution in [2.75, 3.05) is 38.2 Å². The molecule has 0 unspecified atom stereocenters. The van der Waals surface area contributed by atoms with Gasteiger partial charge in [-0.3, -0.25) is 14.9 Å². The summed E-state index contributed by atoms with van der Waals surface area (Å²) in [7, 11) is 0. The zero-order valence-corrected chi connectivity index (χ0v) is 11.9. The molecule has 1 aromatic rings. The van der Waals surface area contributed by atoms with Crippen LogP contribution in [0.1, 0.15) is 23.7 Å². The second kappa shape index (κ2) is 6.98. The smallest absolute Gasteiger partial charge is 0.300 e. The van der Waals surface area contributed by atoms with E-state index in [4.69, 9.17) is 4.74 Å². The number of nitrogens with one attached hydrogen (secondary N) is 1. The molecule has 8 heteroatoms. The van der Waals surface area contributed by atoms with Gasteiger partial charge in [-0.1, -0.05) is 0 Å². The largest absolute Gasteiger partial charge is 0.380 e. The Labute approximate surface area is 122 Å². The van der Waals surface area contributed by atoms with Gasteiger partial charge in [0.1, 0.15) is 17.6 Å². The standard InChI is InChI=1S/C13H18N4O4/c1-2-14-12-8-10(11(9-15-12)17(19)20)13(18)16-4-3-6-21-7-5-16/h8-9H,2-7H2,1H3,(H,14,15). The van der Waals surface area contributed by atoms with Crippen LogP contribution in [0.5, 0.6) is 0 Å². The highest BCUT2D eigenvalue weighted by atomic mass is 16.6. The second-order valence-electron chi connectivity index (χ2n) is 4.63. The predicted octanol–water partition coefficient (Wildman–Crippen LogP) is 1.28. The van der Waals surface area contributed by atoms with E-state index in [9.17, 15) is 14.9 Å². The third-order valence-corrected chi connectivity index (χ3v) is 3.18. The lowest BCUT2D eigenvalue weighted by atomic mass is 10.2. The number of anilines is 1. The van der Waals surface area contributed by atoms with Crippen molar-refractivity contribution in [2.45, 2.75) is 13.3 Å². The first-order valence-electron chi connectivity index (χ1n) is 6.88. The van der Waals surface area contributed by atoms with Crippen LogP contribution in [0.25, 0.3) is 0 Å². The van der Waals surface area contributed by atoms with Crippen molar-refractivity contribution in [1.82, 2.24) is 9.88 Å². The molecule has 8 nitrogen and oxygen atoms in total. The summed E-state index contributed by atoms with van der Waals surface area (Å²) in [5.41, 5.74) is -0.209. The first kappa shape index (κ1) is 15.2. The maximum absolute atomic E-state index is 12.5. The molecule has 0 aromatic carbocycles. The fourth-order valence-electron chi connectivity index (χ4n) is 2.16. The van der Waals surface area contributed by atoms with Crippen LogP contribution in [0.2, 0.25) is 0 Å². The maximum Gasteiger partial charge on any atom is 0.300 e. The summed E-state index contributed by atoms with van der Waals surface area (Å²) < 4.78 is 5.30. The summed E-state index contributed by atoms with van der Waals surface area (Å²) in [6.07, 6.45) is 1.85. The van der Waals surface area contributed by atoms with Crippen LogP contribution >= 0.6 is 0 Å². The van der Waals surface area contributed by atoms with Crippen LogP contribution in [-0.2, 0) is 4.74 Å². The summed E-state index contributed by atoms with van der Waals surface area (Å²) in [5.74, 6) is 0.103. The molecule has 1 amide bonds. The van der Waals surface area contributed by atoms with Crippen LogP contribution in [0, 0.1) is 10.1 Å². The number of rotatable bonds is 4. The van der Waals surface area contributed by atoms with Gasteiger partial charge in [-0.05, 0) is 13.3 Å². The van der Waals surface area contributed by atoms with Gasteiger partial charge in [0.15, 0.2) is 0 Å². The van der Waals surface area contributed by atoms with Gasteiger partial charge >= 0.3 is 0 Å². The highest BCUT2D eigenvalue weighted by Gasteiger charge is 2.26. The van der Waals surface area contributed by atoms with Gasteiger partial charge in [0.25, 0.3) is 11.6 Å². The highest BCUT2D eigenvalue weighted by Crippen LogP contribution is 2.22. The van der Waals surface area contributed by atoms with Crippen molar-refractivity contribution in [2.24, 2.45) is 0 Å². The molecule has 0 saturated carbocycles. The monoisotopic (exact) mass is 294 g/mol. The van der Waals surface area contributed by atoms with E-state index in [1.54, 1.807) is 4.90 Å². The van der Waals surface area contributed by atoms with E-state index in [1.165, 1.54) is 6.07 Å². The number of ether oxygens (including phenoxy) is 1. The van der Waals surface area contributed by atoms with Crippen molar-refractivity contribution in [3.63, 3.8) is 0 Å². The maximum atomic E-state index is 12.5. The first-order valence-corrected chi connectivity index (χ1v) is 6.88. The lowest BCUT2D eigenvalue weighted by Gasteiger charge is -2.19. The van der Waals surface area contributed by atoms with Crippen molar-refractivity contribution < 1.29 is 14.5 Å². The van der Waals surface area contributed by atoms with Gasteiger partial charge < -0.3 is 15.0 Å². The van der Waals surface area contributed by atoms with Gasteiger partial charge in [-0.25, -0.2) is 4.98 Å². The van der Waals surface area contributed by atoms with Crippen molar-refractivity contribution in [1.29, 1.82) is 0 Å². The van der Waals surface area contributed by atoms with Crippen LogP contribution in [0.4, 0.5) is 11.5 Å². The summed E-state index contributed by atoms with van der Waals surface area (Å²) in [6.45, 7) is 4.53. The quantitative estimate of drug-likeness (QED) is 0.663. The topological polar surface area (TPSA) is 97.6 Å². The number of hydrogen-bond donors (Lipinski definition) is 1. The van der Waals surface area contributed by atoms with Crippen molar-refractivity contribution in [3.05, 3.63) is 27.9 Å². The molecule has 1 saturated heterocycles. The predicted molar refractivity (Wildman–Crippen MR) is 76.4 cm³/mol. The minimum absolute atomic E-state index is 0.0628. The molecule has 0 aliphatic carbocycles. The van der Waals surface area contributed by atoms with Crippen LogP contribution in [0.15, 0.2) is 12.3 Å². The van der Waals surface area contributed by atoms with E-state index in [0.717, 1.165) is 12.6 Å². The Morgan fingerprint density at radius 2 is 2.33 bits per heavy atom. The minimum Gasteiger partial charge on any atom is -0.380 e. The molecule has 2 heterocycles.